The summed E-state index contributed by atoms with van der Waals surface area (Å²) >= 11 is 0. The molecule has 0 bridgehead atoms. The van der Waals surface area contributed by atoms with Crippen molar-refractivity contribution >= 4 is 6.03 Å². The summed E-state index contributed by atoms with van der Waals surface area (Å²) in [4.78, 5) is 14.7. The number of hydrogen-bond donors (Lipinski definition) is 2. The monoisotopic (exact) mass is 279 g/mol. The first kappa shape index (κ1) is 14.2. The molecular formula is C16H29N3O. The Morgan fingerprint density at radius 3 is 2.35 bits per heavy atom. The molecule has 0 radical (unpaired) electrons. The molecule has 3 aliphatic rings. The Morgan fingerprint density at radius 1 is 1.00 bits per heavy atom. The molecule has 2 amide bonds. The minimum atomic E-state index is 0.220. The molecule has 3 rings (SSSR count). The Balaban J connectivity index is 1.51. The molecule has 0 aromatic rings. The zero-order valence-electron chi connectivity index (χ0n) is 12.6. The summed E-state index contributed by atoms with van der Waals surface area (Å²) < 4.78 is 0. The summed E-state index contributed by atoms with van der Waals surface area (Å²) in [6.45, 7) is 3.21. The quantitative estimate of drug-likeness (QED) is 0.830. The number of nitrogens with one attached hydrogen (secondary N) is 2. The van der Waals surface area contributed by atoms with Gasteiger partial charge in [0.25, 0.3) is 0 Å². The average molecular weight is 279 g/mol. The summed E-state index contributed by atoms with van der Waals surface area (Å²) in [6, 6.07) is 1.19. The summed E-state index contributed by atoms with van der Waals surface area (Å²) in [6.07, 6.45) is 11.1. The Kier molecular flexibility index (Phi) is 4.81. The third-order valence-corrected chi connectivity index (χ3v) is 5.09. The molecule has 2 aliphatic carbocycles. The van der Waals surface area contributed by atoms with Crippen LogP contribution in [0.15, 0.2) is 0 Å². The van der Waals surface area contributed by atoms with Crippen molar-refractivity contribution < 1.29 is 4.79 Å². The van der Waals surface area contributed by atoms with E-state index in [0.717, 1.165) is 19.6 Å². The maximum absolute atomic E-state index is 12.6. The van der Waals surface area contributed by atoms with Gasteiger partial charge in [0.1, 0.15) is 0 Å². The standard InChI is InChI=1S/C16H29N3O/c20-16(18-14-4-2-1-3-5-14)19(15-6-7-15)12-13-8-10-17-11-9-13/h13-15,17H,1-12H2,(H,18,20). The van der Waals surface area contributed by atoms with Gasteiger partial charge in [0.05, 0.1) is 0 Å². The Hall–Kier alpha value is -0.770. The lowest BCUT2D eigenvalue weighted by Crippen LogP contribution is -2.48. The van der Waals surface area contributed by atoms with Crippen LogP contribution in [0.2, 0.25) is 0 Å². The number of carbonyl (C=O) groups is 1. The predicted octanol–water partition coefficient (Wildman–Crippen LogP) is 2.49. The molecule has 0 atom stereocenters. The van der Waals surface area contributed by atoms with E-state index in [1.54, 1.807) is 0 Å². The van der Waals surface area contributed by atoms with Crippen LogP contribution in [-0.4, -0.2) is 42.6 Å². The van der Waals surface area contributed by atoms with E-state index >= 15 is 0 Å². The van der Waals surface area contributed by atoms with E-state index in [0.29, 0.717) is 18.0 Å². The first-order valence-corrected chi connectivity index (χ1v) is 8.61. The number of carbonyl (C=O) groups excluding carboxylic acids is 1. The van der Waals surface area contributed by atoms with Crippen molar-refractivity contribution in [1.29, 1.82) is 0 Å². The lowest BCUT2D eigenvalue weighted by atomic mass is 9.95. The number of urea groups is 1. The van der Waals surface area contributed by atoms with Gasteiger partial charge in [-0.3, -0.25) is 0 Å². The molecule has 0 aromatic heterocycles. The Bertz CT molecular complexity index is 318. The van der Waals surface area contributed by atoms with E-state index in [1.165, 1.54) is 57.8 Å². The van der Waals surface area contributed by atoms with Crippen molar-refractivity contribution in [2.45, 2.75) is 69.9 Å². The van der Waals surface area contributed by atoms with Crippen molar-refractivity contribution in [3.8, 4) is 0 Å². The minimum Gasteiger partial charge on any atom is -0.335 e. The Morgan fingerprint density at radius 2 is 1.70 bits per heavy atom. The summed E-state index contributed by atoms with van der Waals surface area (Å²) in [7, 11) is 0. The molecule has 0 unspecified atom stereocenters. The van der Waals surface area contributed by atoms with E-state index in [-0.39, 0.29) is 6.03 Å². The smallest absolute Gasteiger partial charge is 0.317 e. The van der Waals surface area contributed by atoms with E-state index in [4.69, 9.17) is 0 Å². The largest absolute Gasteiger partial charge is 0.335 e. The van der Waals surface area contributed by atoms with Crippen LogP contribution in [-0.2, 0) is 0 Å². The van der Waals surface area contributed by atoms with Crippen molar-refractivity contribution in [2.24, 2.45) is 5.92 Å². The van der Waals surface area contributed by atoms with Crippen LogP contribution in [0.5, 0.6) is 0 Å². The second-order valence-electron chi connectivity index (χ2n) is 6.86. The fraction of sp³-hybridized carbons (Fsp3) is 0.938. The second kappa shape index (κ2) is 6.79. The van der Waals surface area contributed by atoms with E-state index < -0.39 is 0 Å². The fourth-order valence-electron chi connectivity index (χ4n) is 3.63. The van der Waals surface area contributed by atoms with Gasteiger partial charge in [0.15, 0.2) is 0 Å². The molecule has 0 aromatic carbocycles. The maximum atomic E-state index is 12.6. The lowest BCUT2D eigenvalue weighted by Gasteiger charge is -2.32. The molecule has 1 heterocycles. The van der Waals surface area contributed by atoms with Crippen molar-refractivity contribution in [2.75, 3.05) is 19.6 Å². The molecule has 4 heteroatoms. The van der Waals surface area contributed by atoms with Crippen LogP contribution in [0.25, 0.3) is 0 Å². The van der Waals surface area contributed by atoms with Crippen LogP contribution < -0.4 is 10.6 Å². The van der Waals surface area contributed by atoms with E-state index in [2.05, 4.69) is 15.5 Å². The van der Waals surface area contributed by atoms with Crippen LogP contribution in [0, 0.1) is 5.92 Å². The first-order valence-electron chi connectivity index (χ1n) is 8.61. The molecular weight excluding hydrogens is 250 g/mol. The maximum Gasteiger partial charge on any atom is 0.317 e. The third-order valence-electron chi connectivity index (χ3n) is 5.09. The summed E-state index contributed by atoms with van der Waals surface area (Å²) in [5.41, 5.74) is 0. The summed E-state index contributed by atoms with van der Waals surface area (Å²) in [5, 5.41) is 6.71. The number of amides is 2. The predicted molar refractivity (Wildman–Crippen MR) is 80.7 cm³/mol. The van der Waals surface area contributed by atoms with Crippen LogP contribution >= 0.6 is 0 Å². The molecule has 3 fully saturated rings. The molecule has 20 heavy (non-hydrogen) atoms. The highest BCUT2D eigenvalue weighted by atomic mass is 16.2. The van der Waals surface area contributed by atoms with Gasteiger partial charge in [-0.1, -0.05) is 19.3 Å². The molecule has 1 saturated heterocycles. The van der Waals surface area contributed by atoms with Gasteiger partial charge in [-0.2, -0.15) is 0 Å². The molecule has 0 spiro atoms. The normalized spacial score (nSPS) is 25.4. The van der Waals surface area contributed by atoms with Crippen LogP contribution in [0.4, 0.5) is 4.79 Å². The van der Waals surface area contributed by atoms with Gasteiger partial charge in [-0.25, -0.2) is 4.79 Å². The van der Waals surface area contributed by atoms with Gasteiger partial charge in [-0.15, -0.1) is 0 Å². The van der Waals surface area contributed by atoms with Gasteiger partial charge in [0, 0.05) is 18.6 Å². The number of hydrogen-bond acceptors (Lipinski definition) is 2. The van der Waals surface area contributed by atoms with Gasteiger partial charge in [-0.05, 0) is 57.5 Å². The van der Waals surface area contributed by atoms with Crippen LogP contribution in [0.1, 0.15) is 57.8 Å². The fourth-order valence-corrected chi connectivity index (χ4v) is 3.63. The molecule has 1 aliphatic heterocycles. The highest BCUT2D eigenvalue weighted by molar-refractivity contribution is 5.75. The molecule has 114 valence electrons. The van der Waals surface area contributed by atoms with Crippen molar-refractivity contribution in [3.05, 3.63) is 0 Å². The highest BCUT2D eigenvalue weighted by Gasteiger charge is 2.35. The topological polar surface area (TPSA) is 44.4 Å². The Labute approximate surface area is 122 Å². The van der Waals surface area contributed by atoms with E-state index in [9.17, 15) is 4.79 Å². The zero-order chi connectivity index (χ0) is 13.8. The summed E-state index contributed by atoms with van der Waals surface area (Å²) in [5.74, 6) is 0.703. The molecule has 2 N–H and O–H groups in total. The number of piperidine rings is 1. The lowest BCUT2D eigenvalue weighted by molar-refractivity contribution is 0.169. The number of nitrogens with zero attached hydrogens (tertiary/aromatic N) is 1. The average Bonchev–Trinajstić information content (AvgIpc) is 3.31. The zero-order valence-corrected chi connectivity index (χ0v) is 12.6. The molecule has 2 saturated carbocycles. The van der Waals surface area contributed by atoms with Gasteiger partial charge in [0.2, 0.25) is 0 Å². The minimum absolute atomic E-state index is 0.220. The van der Waals surface area contributed by atoms with Crippen molar-refractivity contribution in [1.82, 2.24) is 15.5 Å². The SMILES string of the molecule is O=C(NC1CCCCC1)N(CC1CCNCC1)C1CC1. The number of rotatable bonds is 4. The van der Waals surface area contributed by atoms with Crippen LogP contribution in [0.3, 0.4) is 0 Å². The molecule has 4 nitrogen and oxygen atoms in total. The van der Waals surface area contributed by atoms with Gasteiger partial charge < -0.3 is 15.5 Å². The third kappa shape index (κ3) is 3.87. The van der Waals surface area contributed by atoms with E-state index in [1.807, 2.05) is 0 Å². The first-order chi connectivity index (χ1) is 9.83. The van der Waals surface area contributed by atoms with Gasteiger partial charge >= 0.3 is 6.03 Å². The van der Waals surface area contributed by atoms with Crippen molar-refractivity contribution in [3.63, 3.8) is 0 Å². The highest BCUT2D eigenvalue weighted by Crippen LogP contribution is 2.29. The second-order valence-corrected chi connectivity index (χ2v) is 6.86.